The standard InChI is InChI=1S/C19H17ClN4O3/c1-12-4-2-3-5-16(12)27-11-17(25)22-24-19(26)15-10-21-23-18(15)13-6-8-14(20)9-7-13/h2-10H,11H2,1H3,(H,21,23)(H,22,25)(H,24,26). The molecule has 0 fully saturated rings. The number of nitrogens with one attached hydrogen (secondary N) is 3. The largest absolute Gasteiger partial charge is 0.483 e. The van der Waals surface area contributed by atoms with Gasteiger partial charge in [0.05, 0.1) is 17.5 Å². The lowest BCUT2D eigenvalue weighted by molar-refractivity contribution is -0.123. The summed E-state index contributed by atoms with van der Waals surface area (Å²) in [5, 5.41) is 7.26. The molecule has 0 saturated heterocycles. The second-order valence-electron chi connectivity index (χ2n) is 5.72. The van der Waals surface area contributed by atoms with Crippen LogP contribution in [0.15, 0.2) is 54.7 Å². The van der Waals surface area contributed by atoms with Gasteiger partial charge in [-0.25, -0.2) is 0 Å². The highest BCUT2D eigenvalue weighted by atomic mass is 35.5. The minimum atomic E-state index is -0.502. The van der Waals surface area contributed by atoms with Crippen LogP contribution in [0.4, 0.5) is 0 Å². The second kappa shape index (κ2) is 8.37. The number of hydrazine groups is 1. The van der Waals surface area contributed by atoms with Crippen LogP contribution >= 0.6 is 11.6 Å². The Hall–Kier alpha value is -3.32. The number of rotatable bonds is 5. The van der Waals surface area contributed by atoms with Crippen LogP contribution in [0.5, 0.6) is 5.75 Å². The number of aromatic nitrogens is 2. The Morgan fingerprint density at radius 1 is 1.11 bits per heavy atom. The molecular formula is C19H17ClN4O3. The molecule has 3 N–H and O–H groups in total. The van der Waals surface area contributed by atoms with Gasteiger partial charge in [0, 0.05) is 10.6 Å². The molecule has 0 aliphatic rings. The number of carbonyl (C=O) groups is 2. The highest BCUT2D eigenvalue weighted by molar-refractivity contribution is 6.30. The second-order valence-corrected chi connectivity index (χ2v) is 6.16. The van der Waals surface area contributed by atoms with Crippen molar-refractivity contribution >= 4 is 23.4 Å². The first-order chi connectivity index (χ1) is 13.0. The molecule has 0 atom stereocenters. The van der Waals surface area contributed by atoms with Crippen LogP contribution < -0.4 is 15.6 Å². The van der Waals surface area contributed by atoms with Gasteiger partial charge in [-0.05, 0) is 30.7 Å². The van der Waals surface area contributed by atoms with Gasteiger partial charge in [-0.3, -0.25) is 25.5 Å². The highest BCUT2D eigenvalue weighted by Gasteiger charge is 2.16. The maximum atomic E-state index is 12.3. The van der Waals surface area contributed by atoms with E-state index in [1.165, 1.54) is 6.20 Å². The predicted molar refractivity (Wildman–Crippen MR) is 101 cm³/mol. The minimum Gasteiger partial charge on any atom is -0.483 e. The number of aromatic amines is 1. The lowest BCUT2D eigenvalue weighted by Gasteiger charge is -2.10. The monoisotopic (exact) mass is 384 g/mol. The Labute approximate surface area is 160 Å². The number of hydrogen-bond donors (Lipinski definition) is 3. The maximum Gasteiger partial charge on any atom is 0.276 e. The summed E-state index contributed by atoms with van der Waals surface area (Å²) in [6.45, 7) is 1.66. The number of H-pyrrole nitrogens is 1. The summed E-state index contributed by atoms with van der Waals surface area (Å²) in [4.78, 5) is 24.3. The molecule has 0 aliphatic heterocycles. The molecule has 1 aromatic heterocycles. The summed E-state index contributed by atoms with van der Waals surface area (Å²) in [5.41, 5.74) is 7.15. The molecule has 8 heteroatoms. The summed E-state index contributed by atoms with van der Waals surface area (Å²) >= 11 is 5.88. The summed E-state index contributed by atoms with van der Waals surface area (Å²) < 4.78 is 5.43. The van der Waals surface area contributed by atoms with E-state index in [9.17, 15) is 9.59 Å². The van der Waals surface area contributed by atoms with Crippen LogP contribution in [0, 0.1) is 6.92 Å². The van der Waals surface area contributed by atoms with E-state index >= 15 is 0 Å². The predicted octanol–water partition coefficient (Wildman–Crippen LogP) is 2.88. The molecule has 3 aromatic rings. The number of carbonyl (C=O) groups excluding carboxylic acids is 2. The van der Waals surface area contributed by atoms with Crippen molar-refractivity contribution in [2.75, 3.05) is 6.61 Å². The normalized spacial score (nSPS) is 10.3. The smallest absolute Gasteiger partial charge is 0.276 e. The van der Waals surface area contributed by atoms with E-state index in [-0.39, 0.29) is 12.2 Å². The van der Waals surface area contributed by atoms with E-state index in [1.54, 1.807) is 30.3 Å². The number of ether oxygens (including phenoxy) is 1. The first kappa shape index (κ1) is 18.5. The van der Waals surface area contributed by atoms with E-state index < -0.39 is 11.8 Å². The van der Waals surface area contributed by atoms with Crippen molar-refractivity contribution in [3.05, 3.63) is 70.9 Å². The van der Waals surface area contributed by atoms with E-state index in [2.05, 4.69) is 21.0 Å². The first-order valence-corrected chi connectivity index (χ1v) is 8.49. The van der Waals surface area contributed by atoms with Gasteiger partial charge in [0.15, 0.2) is 6.61 Å². The van der Waals surface area contributed by atoms with Gasteiger partial charge in [-0.2, -0.15) is 5.10 Å². The molecule has 1 heterocycles. The van der Waals surface area contributed by atoms with E-state index in [0.29, 0.717) is 16.5 Å². The molecule has 2 amide bonds. The van der Waals surface area contributed by atoms with Gasteiger partial charge in [-0.1, -0.05) is 41.9 Å². The number of halogens is 1. The van der Waals surface area contributed by atoms with Crippen LogP contribution in [-0.4, -0.2) is 28.6 Å². The number of benzene rings is 2. The van der Waals surface area contributed by atoms with Gasteiger partial charge in [0.25, 0.3) is 11.8 Å². The molecule has 0 spiro atoms. The molecule has 0 aliphatic carbocycles. The van der Waals surface area contributed by atoms with Crippen LogP contribution in [0.2, 0.25) is 5.02 Å². The Morgan fingerprint density at radius 3 is 2.59 bits per heavy atom. The van der Waals surface area contributed by atoms with Crippen molar-refractivity contribution in [1.29, 1.82) is 0 Å². The first-order valence-electron chi connectivity index (χ1n) is 8.11. The van der Waals surface area contributed by atoms with Crippen molar-refractivity contribution in [2.45, 2.75) is 6.92 Å². The Morgan fingerprint density at radius 2 is 1.85 bits per heavy atom. The molecule has 7 nitrogen and oxygen atoms in total. The zero-order chi connectivity index (χ0) is 19.2. The van der Waals surface area contributed by atoms with Gasteiger partial charge < -0.3 is 4.74 Å². The van der Waals surface area contributed by atoms with E-state index in [4.69, 9.17) is 16.3 Å². The molecule has 3 rings (SSSR count). The minimum absolute atomic E-state index is 0.222. The number of aryl methyl sites for hydroxylation is 1. The van der Waals surface area contributed by atoms with Crippen molar-refractivity contribution in [2.24, 2.45) is 0 Å². The number of para-hydroxylation sites is 1. The summed E-state index contributed by atoms with van der Waals surface area (Å²) in [6.07, 6.45) is 1.38. The van der Waals surface area contributed by atoms with E-state index in [0.717, 1.165) is 11.1 Å². The maximum absolute atomic E-state index is 12.3. The van der Waals surface area contributed by atoms with Crippen LogP contribution in [-0.2, 0) is 4.79 Å². The highest BCUT2D eigenvalue weighted by Crippen LogP contribution is 2.22. The van der Waals surface area contributed by atoms with Gasteiger partial charge in [0.1, 0.15) is 5.75 Å². The number of amides is 2. The lowest BCUT2D eigenvalue weighted by atomic mass is 10.1. The summed E-state index contributed by atoms with van der Waals surface area (Å²) in [6, 6.07) is 14.3. The van der Waals surface area contributed by atoms with E-state index in [1.807, 2.05) is 25.1 Å². The number of hydrogen-bond acceptors (Lipinski definition) is 4. The molecule has 138 valence electrons. The Balaban J connectivity index is 1.57. The Kier molecular flexibility index (Phi) is 5.73. The lowest BCUT2D eigenvalue weighted by Crippen LogP contribution is -2.43. The quantitative estimate of drug-likeness (QED) is 0.589. The SMILES string of the molecule is Cc1ccccc1OCC(=O)NNC(=O)c1cn[nH]c1-c1ccc(Cl)cc1. The van der Waals surface area contributed by atoms with Crippen molar-refractivity contribution in [3.63, 3.8) is 0 Å². The number of nitrogens with zero attached hydrogens (tertiary/aromatic N) is 1. The average Bonchev–Trinajstić information content (AvgIpc) is 3.16. The molecule has 2 aromatic carbocycles. The zero-order valence-electron chi connectivity index (χ0n) is 14.5. The molecule has 0 saturated carbocycles. The molecule has 27 heavy (non-hydrogen) atoms. The van der Waals surface area contributed by atoms with Gasteiger partial charge >= 0.3 is 0 Å². The third-order valence-electron chi connectivity index (χ3n) is 3.78. The third-order valence-corrected chi connectivity index (χ3v) is 4.04. The molecular weight excluding hydrogens is 368 g/mol. The van der Waals surface area contributed by atoms with Gasteiger partial charge in [0.2, 0.25) is 0 Å². The summed E-state index contributed by atoms with van der Waals surface area (Å²) in [7, 11) is 0. The molecule has 0 unspecified atom stereocenters. The Bertz CT molecular complexity index is 954. The molecule has 0 radical (unpaired) electrons. The van der Waals surface area contributed by atoms with Crippen molar-refractivity contribution in [1.82, 2.24) is 21.0 Å². The fourth-order valence-corrected chi connectivity index (χ4v) is 2.51. The zero-order valence-corrected chi connectivity index (χ0v) is 15.2. The summed E-state index contributed by atoms with van der Waals surface area (Å²) in [5.74, 6) is -0.375. The van der Waals surface area contributed by atoms with Crippen molar-refractivity contribution < 1.29 is 14.3 Å². The fourth-order valence-electron chi connectivity index (χ4n) is 2.39. The third kappa shape index (κ3) is 4.65. The van der Waals surface area contributed by atoms with Crippen LogP contribution in [0.25, 0.3) is 11.3 Å². The van der Waals surface area contributed by atoms with Crippen LogP contribution in [0.1, 0.15) is 15.9 Å². The fraction of sp³-hybridized carbons (Fsp3) is 0.105. The average molecular weight is 385 g/mol. The molecule has 0 bridgehead atoms. The van der Waals surface area contributed by atoms with Crippen molar-refractivity contribution in [3.8, 4) is 17.0 Å². The topological polar surface area (TPSA) is 96.1 Å². The van der Waals surface area contributed by atoms with Gasteiger partial charge in [-0.15, -0.1) is 0 Å². The van der Waals surface area contributed by atoms with Crippen LogP contribution in [0.3, 0.4) is 0 Å².